The summed E-state index contributed by atoms with van der Waals surface area (Å²) >= 11 is 0. The van der Waals surface area contributed by atoms with E-state index in [4.69, 9.17) is 5.73 Å². The van der Waals surface area contributed by atoms with Crippen molar-refractivity contribution in [1.82, 2.24) is 20.0 Å². The predicted molar refractivity (Wildman–Crippen MR) is 74.1 cm³/mol. The minimum Gasteiger partial charge on any atom is -0.380 e. The van der Waals surface area contributed by atoms with E-state index in [9.17, 15) is 9.59 Å². The number of likely N-dealkylation sites (tertiary alicyclic amines) is 1. The molecule has 3 amide bonds. The highest BCUT2D eigenvalue weighted by atomic mass is 16.2. The second kappa shape index (κ2) is 6.27. The van der Waals surface area contributed by atoms with Crippen LogP contribution in [0.5, 0.6) is 0 Å². The Balaban J connectivity index is 1.82. The third-order valence-electron chi connectivity index (χ3n) is 3.40. The van der Waals surface area contributed by atoms with Crippen molar-refractivity contribution in [2.75, 3.05) is 25.5 Å². The maximum absolute atomic E-state index is 11.2. The number of amides is 3. The van der Waals surface area contributed by atoms with Crippen LogP contribution in [0.1, 0.15) is 12.8 Å². The van der Waals surface area contributed by atoms with Crippen LogP contribution in [0.15, 0.2) is 12.4 Å². The number of primary amides is 1. The fraction of sp³-hybridized carbons (Fsp3) is 0.583. The van der Waals surface area contributed by atoms with Crippen molar-refractivity contribution in [1.29, 1.82) is 0 Å². The van der Waals surface area contributed by atoms with Gasteiger partial charge in [-0.15, -0.1) is 0 Å². The zero-order chi connectivity index (χ0) is 14.5. The predicted octanol–water partition coefficient (Wildman–Crippen LogP) is -0.416. The standard InChI is InChI=1S/C12H20N6O2/c1-14-11(19)8-18-7-10(6-15-18)16-9-2-4-17(5-3-9)12(13)20/h6-7,9,16H,2-5,8H2,1H3,(H2,13,20)(H,14,19). The normalized spacial score (nSPS) is 15.9. The second-order valence-electron chi connectivity index (χ2n) is 4.84. The Bertz CT molecular complexity index is 478. The number of hydrogen-bond donors (Lipinski definition) is 3. The van der Waals surface area contributed by atoms with Crippen LogP contribution in [0.4, 0.5) is 10.5 Å². The topological polar surface area (TPSA) is 105 Å². The van der Waals surface area contributed by atoms with Gasteiger partial charge in [-0.3, -0.25) is 9.48 Å². The van der Waals surface area contributed by atoms with Crippen molar-refractivity contribution in [3.63, 3.8) is 0 Å². The molecule has 8 heteroatoms. The summed E-state index contributed by atoms with van der Waals surface area (Å²) in [6, 6.07) is -0.0647. The first-order valence-corrected chi connectivity index (χ1v) is 6.62. The number of rotatable bonds is 4. The molecule has 0 bridgehead atoms. The summed E-state index contributed by atoms with van der Waals surface area (Å²) in [5.41, 5.74) is 6.12. The van der Waals surface area contributed by atoms with Crippen molar-refractivity contribution < 1.29 is 9.59 Å². The van der Waals surface area contributed by atoms with Crippen molar-refractivity contribution >= 4 is 17.6 Å². The fourth-order valence-corrected chi connectivity index (χ4v) is 2.23. The molecule has 0 aliphatic carbocycles. The van der Waals surface area contributed by atoms with Gasteiger partial charge in [0.2, 0.25) is 5.91 Å². The molecule has 1 saturated heterocycles. The number of nitrogens with two attached hydrogens (primary N) is 1. The molecule has 1 aromatic heterocycles. The number of nitrogens with zero attached hydrogens (tertiary/aromatic N) is 3. The third kappa shape index (κ3) is 3.62. The minimum atomic E-state index is -0.359. The molecule has 0 saturated carbocycles. The maximum atomic E-state index is 11.2. The highest BCUT2D eigenvalue weighted by molar-refractivity contribution is 5.75. The van der Waals surface area contributed by atoms with E-state index in [1.54, 1.807) is 29.0 Å². The van der Waals surface area contributed by atoms with Crippen molar-refractivity contribution in [3.05, 3.63) is 12.4 Å². The summed E-state index contributed by atoms with van der Waals surface area (Å²) in [4.78, 5) is 23.9. The SMILES string of the molecule is CNC(=O)Cn1cc(NC2CCN(C(N)=O)CC2)cn1. The number of piperidine rings is 1. The van der Waals surface area contributed by atoms with Gasteiger partial charge >= 0.3 is 6.03 Å². The molecule has 4 N–H and O–H groups in total. The molecule has 0 atom stereocenters. The van der Waals surface area contributed by atoms with E-state index >= 15 is 0 Å². The molecule has 2 rings (SSSR count). The molecule has 2 heterocycles. The third-order valence-corrected chi connectivity index (χ3v) is 3.40. The van der Waals surface area contributed by atoms with E-state index in [0.29, 0.717) is 19.1 Å². The molecule has 1 aromatic rings. The van der Waals surface area contributed by atoms with Gasteiger partial charge in [0, 0.05) is 32.4 Å². The first-order chi connectivity index (χ1) is 9.58. The number of nitrogens with one attached hydrogen (secondary N) is 2. The molecule has 110 valence electrons. The highest BCUT2D eigenvalue weighted by Gasteiger charge is 2.21. The zero-order valence-electron chi connectivity index (χ0n) is 11.5. The number of carbonyl (C=O) groups excluding carboxylic acids is 2. The number of aromatic nitrogens is 2. The number of urea groups is 1. The van der Waals surface area contributed by atoms with E-state index in [0.717, 1.165) is 18.5 Å². The van der Waals surface area contributed by atoms with Crippen LogP contribution in [0.25, 0.3) is 0 Å². The lowest BCUT2D eigenvalue weighted by Crippen LogP contribution is -2.44. The van der Waals surface area contributed by atoms with Crippen LogP contribution in [0, 0.1) is 0 Å². The summed E-state index contributed by atoms with van der Waals surface area (Å²) in [7, 11) is 1.59. The van der Waals surface area contributed by atoms with Gasteiger partial charge in [0.15, 0.2) is 0 Å². The lowest BCUT2D eigenvalue weighted by atomic mass is 10.1. The molecule has 0 spiro atoms. The van der Waals surface area contributed by atoms with Crippen LogP contribution in [0.3, 0.4) is 0 Å². The number of likely N-dealkylation sites (N-methyl/N-ethyl adjacent to an activating group) is 1. The van der Waals surface area contributed by atoms with Crippen molar-refractivity contribution in [2.45, 2.75) is 25.4 Å². The molecule has 8 nitrogen and oxygen atoms in total. The fourth-order valence-electron chi connectivity index (χ4n) is 2.23. The quantitative estimate of drug-likeness (QED) is 0.696. The summed E-state index contributed by atoms with van der Waals surface area (Å²) in [5, 5.41) is 10.0. The minimum absolute atomic E-state index is 0.0885. The molecular weight excluding hydrogens is 260 g/mol. The van der Waals surface area contributed by atoms with Gasteiger partial charge in [-0.1, -0.05) is 0 Å². The second-order valence-corrected chi connectivity index (χ2v) is 4.84. The summed E-state index contributed by atoms with van der Waals surface area (Å²) < 4.78 is 1.58. The Morgan fingerprint density at radius 2 is 2.15 bits per heavy atom. The average Bonchev–Trinajstić information content (AvgIpc) is 2.86. The average molecular weight is 280 g/mol. The molecule has 1 fully saturated rings. The number of carbonyl (C=O) groups is 2. The summed E-state index contributed by atoms with van der Waals surface area (Å²) in [6.45, 7) is 1.54. The van der Waals surface area contributed by atoms with E-state index in [-0.39, 0.29) is 18.5 Å². The van der Waals surface area contributed by atoms with Gasteiger partial charge in [0.1, 0.15) is 6.54 Å². The van der Waals surface area contributed by atoms with E-state index in [1.165, 1.54) is 0 Å². The van der Waals surface area contributed by atoms with Crippen LogP contribution >= 0.6 is 0 Å². The van der Waals surface area contributed by atoms with Crippen LogP contribution < -0.4 is 16.4 Å². The van der Waals surface area contributed by atoms with Crippen LogP contribution in [-0.2, 0) is 11.3 Å². The van der Waals surface area contributed by atoms with Crippen LogP contribution in [-0.4, -0.2) is 52.8 Å². The Morgan fingerprint density at radius 1 is 1.45 bits per heavy atom. The molecule has 1 aliphatic heterocycles. The molecule has 0 radical (unpaired) electrons. The lowest BCUT2D eigenvalue weighted by Gasteiger charge is -2.31. The molecule has 0 aromatic carbocycles. The smallest absolute Gasteiger partial charge is 0.314 e. The molecule has 0 unspecified atom stereocenters. The molecule has 20 heavy (non-hydrogen) atoms. The first-order valence-electron chi connectivity index (χ1n) is 6.62. The Kier molecular flexibility index (Phi) is 4.44. The largest absolute Gasteiger partial charge is 0.380 e. The highest BCUT2D eigenvalue weighted by Crippen LogP contribution is 2.15. The molecular formula is C12H20N6O2. The van der Waals surface area contributed by atoms with Crippen LogP contribution in [0.2, 0.25) is 0 Å². The number of hydrogen-bond acceptors (Lipinski definition) is 4. The van der Waals surface area contributed by atoms with E-state index in [2.05, 4.69) is 15.7 Å². The maximum Gasteiger partial charge on any atom is 0.314 e. The van der Waals surface area contributed by atoms with Crippen molar-refractivity contribution in [2.24, 2.45) is 5.73 Å². The first kappa shape index (κ1) is 14.2. The van der Waals surface area contributed by atoms with Gasteiger partial charge in [-0.25, -0.2) is 4.79 Å². The molecule has 1 aliphatic rings. The zero-order valence-corrected chi connectivity index (χ0v) is 11.5. The number of anilines is 1. The van der Waals surface area contributed by atoms with E-state index in [1.807, 2.05) is 0 Å². The summed E-state index contributed by atoms with van der Waals surface area (Å²) in [6.07, 6.45) is 5.20. The van der Waals surface area contributed by atoms with Gasteiger partial charge in [-0.2, -0.15) is 5.10 Å². The monoisotopic (exact) mass is 280 g/mol. The Morgan fingerprint density at radius 3 is 2.75 bits per heavy atom. The van der Waals surface area contributed by atoms with E-state index < -0.39 is 0 Å². The lowest BCUT2D eigenvalue weighted by molar-refractivity contribution is -0.121. The van der Waals surface area contributed by atoms with Gasteiger partial charge in [0.05, 0.1) is 11.9 Å². The van der Waals surface area contributed by atoms with Crippen molar-refractivity contribution in [3.8, 4) is 0 Å². The Hall–Kier alpha value is -2.25. The van der Waals surface area contributed by atoms with Gasteiger partial charge in [0.25, 0.3) is 0 Å². The Labute approximate surface area is 117 Å². The van der Waals surface area contributed by atoms with Gasteiger partial charge in [-0.05, 0) is 12.8 Å². The van der Waals surface area contributed by atoms with Gasteiger partial charge < -0.3 is 21.3 Å². The summed E-state index contributed by atoms with van der Waals surface area (Å²) in [5.74, 6) is -0.0885.